The molecule has 1 aliphatic rings. The van der Waals surface area contributed by atoms with Crippen molar-refractivity contribution in [2.75, 3.05) is 18.4 Å². The van der Waals surface area contributed by atoms with E-state index in [1.165, 1.54) is 0 Å². The monoisotopic (exact) mass is 275 g/mol. The molecule has 1 aromatic heterocycles. The molecule has 19 heavy (non-hydrogen) atoms. The predicted molar refractivity (Wildman–Crippen MR) is 80.9 cm³/mol. The highest BCUT2D eigenvalue weighted by molar-refractivity contribution is 6.31. The number of pyridine rings is 1. The van der Waals surface area contributed by atoms with Gasteiger partial charge in [0.05, 0.1) is 5.52 Å². The van der Waals surface area contributed by atoms with Crippen LogP contribution in [0.15, 0.2) is 30.5 Å². The first-order chi connectivity index (χ1) is 9.16. The molecule has 100 valence electrons. The lowest BCUT2D eigenvalue weighted by Gasteiger charge is -2.36. The Morgan fingerprint density at radius 3 is 2.84 bits per heavy atom. The van der Waals surface area contributed by atoms with Crippen LogP contribution < -0.4 is 10.6 Å². The Morgan fingerprint density at radius 2 is 2.05 bits per heavy atom. The number of nitrogens with zero attached hydrogens (tertiary/aromatic N) is 1. The van der Waals surface area contributed by atoms with Crippen LogP contribution in [0.5, 0.6) is 0 Å². The summed E-state index contributed by atoms with van der Waals surface area (Å²) in [6.45, 7) is 4.42. The van der Waals surface area contributed by atoms with Gasteiger partial charge in [0.15, 0.2) is 0 Å². The Labute approximate surface area is 118 Å². The molecule has 0 spiro atoms. The van der Waals surface area contributed by atoms with Crippen molar-refractivity contribution in [1.82, 2.24) is 10.3 Å². The van der Waals surface area contributed by atoms with E-state index in [2.05, 4.69) is 22.5 Å². The number of anilines is 1. The molecule has 2 heterocycles. The Balaban J connectivity index is 1.96. The van der Waals surface area contributed by atoms with Gasteiger partial charge in [0.1, 0.15) is 0 Å². The van der Waals surface area contributed by atoms with Gasteiger partial charge in [-0.2, -0.15) is 0 Å². The number of nitrogens with one attached hydrogen (secondary N) is 2. The lowest BCUT2D eigenvalue weighted by Crippen LogP contribution is -2.45. The molecule has 1 aromatic carbocycles. The van der Waals surface area contributed by atoms with Gasteiger partial charge in [-0.15, -0.1) is 0 Å². The lowest BCUT2D eigenvalue weighted by molar-refractivity contribution is 0.365. The van der Waals surface area contributed by atoms with E-state index in [1.54, 1.807) is 0 Å². The number of aromatic nitrogens is 1. The first kappa shape index (κ1) is 12.7. The van der Waals surface area contributed by atoms with Crippen molar-refractivity contribution in [2.45, 2.75) is 25.3 Å². The fourth-order valence-corrected chi connectivity index (χ4v) is 2.83. The molecule has 1 aliphatic heterocycles. The molecule has 0 aliphatic carbocycles. The van der Waals surface area contributed by atoms with Crippen LogP contribution in [0.25, 0.3) is 10.9 Å². The van der Waals surface area contributed by atoms with Crippen molar-refractivity contribution in [3.05, 3.63) is 35.5 Å². The first-order valence-electron chi connectivity index (χ1n) is 6.70. The summed E-state index contributed by atoms with van der Waals surface area (Å²) < 4.78 is 0. The number of rotatable bonds is 2. The van der Waals surface area contributed by atoms with Crippen molar-refractivity contribution in [2.24, 2.45) is 0 Å². The number of halogens is 1. The third kappa shape index (κ3) is 2.67. The van der Waals surface area contributed by atoms with E-state index in [0.29, 0.717) is 0 Å². The van der Waals surface area contributed by atoms with Crippen molar-refractivity contribution in [3.63, 3.8) is 0 Å². The van der Waals surface area contributed by atoms with Crippen LogP contribution in [0.2, 0.25) is 5.02 Å². The van der Waals surface area contributed by atoms with Gasteiger partial charge in [0.2, 0.25) is 0 Å². The molecule has 0 unspecified atom stereocenters. The second-order valence-electron chi connectivity index (χ2n) is 5.46. The maximum atomic E-state index is 6.02. The standard InChI is InChI=1S/C15H18ClN3/c1-15(5-8-17-9-6-15)19-13-4-7-18-14-10-11(16)2-3-12(13)14/h2-4,7,10,17H,5-6,8-9H2,1H3,(H,18,19). The van der Waals surface area contributed by atoms with E-state index in [-0.39, 0.29) is 5.54 Å². The molecular formula is C15H18ClN3. The molecule has 4 heteroatoms. The second-order valence-corrected chi connectivity index (χ2v) is 5.89. The van der Waals surface area contributed by atoms with Crippen LogP contribution in [-0.4, -0.2) is 23.6 Å². The van der Waals surface area contributed by atoms with Crippen LogP contribution in [0.3, 0.4) is 0 Å². The fourth-order valence-electron chi connectivity index (χ4n) is 2.66. The molecule has 2 N–H and O–H groups in total. The van der Waals surface area contributed by atoms with Crippen LogP contribution in [0.1, 0.15) is 19.8 Å². The number of benzene rings is 1. The molecule has 3 nitrogen and oxygen atoms in total. The Kier molecular flexibility index (Phi) is 3.33. The predicted octanol–water partition coefficient (Wildman–Crippen LogP) is 3.44. The molecule has 0 bridgehead atoms. The summed E-state index contributed by atoms with van der Waals surface area (Å²) in [6.07, 6.45) is 4.10. The first-order valence-corrected chi connectivity index (χ1v) is 7.07. The molecule has 0 saturated carbocycles. The summed E-state index contributed by atoms with van der Waals surface area (Å²) in [4.78, 5) is 4.38. The van der Waals surface area contributed by atoms with E-state index < -0.39 is 0 Å². The van der Waals surface area contributed by atoms with Gasteiger partial charge in [0.25, 0.3) is 0 Å². The van der Waals surface area contributed by atoms with Crippen molar-refractivity contribution in [1.29, 1.82) is 0 Å². The Hall–Kier alpha value is -1.32. The van der Waals surface area contributed by atoms with Gasteiger partial charge in [-0.25, -0.2) is 0 Å². The van der Waals surface area contributed by atoms with Crippen molar-refractivity contribution < 1.29 is 0 Å². The van der Waals surface area contributed by atoms with E-state index in [9.17, 15) is 0 Å². The summed E-state index contributed by atoms with van der Waals surface area (Å²) >= 11 is 6.02. The van der Waals surface area contributed by atoms with Crippen molar-refractivity contribution in [3.8, 4) is 0 Å². The SMILES string of the molecule is CC1(Nc2ccnc3cc(Cl)ccc23)CCNCC1. The second kappa shape index (κ2) is 4.99. The normalized spacial score (nSPS) is 18.4. The summed E-state index contributed by atoms with van der Waals surface area (Å²) in [7, 11) is 0. The molecule has 1 fully saturated rings. The summed E-state index contributed by atoms with van der Waals surface area (Å²) in [5.41, 5.74) is 2.24. The van der Waals surface area contributed by atoms with E-state index in [1.807, 2.05) is 30.5 Å². The van der Waals surface area contributed by atoms with E-state index in [0.717, 1.165) is 47.5 Å². The van der Waals surface area contributed by atoms with E-state index >= 15 is 0 Å². The van der Waals surface area contributed by atoms with Gasteiger partial charge < -0.3 is 10.6 Å². The summed E-state index contributed by atoms with van der Waals surface area (Å²) in [5, 5.41) is 8.96. The number of fused-ring (bicyclic) bond motifs is 1. The molecule has 0 radical (unpaired) electrons. The Bertz CT molecular complexity index is 591. The minimum absolute atomic E-state index is 0.152. The molecule has 0 atom stereocenters. The van der Waals surface area contributed by atoms with Gasteiger partial charge >= 0.3 is 0 Å². The summed E-state index contributed by atoms with van der Waals surface area (Å²) in [6, 6.07) is 7.91. The molecular weight excluding hydrogens is 258 g/mol. The van der Waals surface area contributed by atoms with Gasteiger partial charge in [-0.3, -0.25) is 4.98 Å². The van der Waals surface area contributed by atoms with Crippen LogP contribution >= 0.6 is 11.6 Å². The maximum Gasteiger partial charge on any atom is 0.0737 e. The minimum atomic E-state index is 0.152. The zero-order valence-corrected chi connectivity index (χ0v) is 11.8. The average molecular weight is 276 g/mol. The quantitative estimate of drug-likeness (QED) is 0.882. The molecule has 2 aromatic rings. The highest BCUT2D eigenvalue weighted by Gasteiger charge is 2.26. The van der Waals surface area contributed by atoms with Gasteiger partial charge in [-0.05, 0) is 57.1 Å². The fraction of sp³-hybridized carbons (Fsp3) is 0.400. The zero-order valence-electron chi connectivity index (χ0n) is 11.0. The number of hydrogen-bond donors (Lipinski definition) is 2. The zero-order chi connectivity index (χ0) is 13.3. The van der Waals surface area contributed by atoms with Gasteiger partial charge in [-0.1, -0.05) is 11.6 Å². The van der Waals surface area contributed by atoms with Crippen molar-refractivity contribution >= 4 is 28.2 Å². The third-order valence-corrected chi connectivity index (χ3v) is 4.08. The molecule has 0 amide bonds. The smallest absolute Gasteiger partial charge is 0.0737 e. The van der Waals surface area contributed by atoms with E-state index in [4.69, 9.17) is 11.6 Å². The largest absolute Gasteiger partial charge is 0.379 e. The molecule has 1 saturated heterocycles. The Morgan fingerprint density at radius 1 is 1.26 bits per heavy atom. The van der Waals surface area contributed by atoms with Crippen LogP contribution in [0, 0.1) is 0 Å². The summed E-state index contributed by atoms with van der Waals surface area (Å²) in [5.74, 6) is 0. The topological polar surface area (TPSA) is 37.0 Å². The number of hydrogen-bond acceptors (Lipinski definition) is 3. The lowest BCUT2D eigenvalue weighted by atomic mass is 9.90. The van der Waals surface area contributed by atoms with Crippen LogP contribution in [0.4, 0.5) is 5.69 Å². The highest BCUT2D eigenvalue weighted by Crippen LogP contribution is 2.29. The van der Waals surface area contributed by atoms with Crippen LogP contribution in [-0.2, 0) is 0 Å². The number of piperidine rings is 1. The minimum Gasteiger partial charge on any atom is -0.379 e. The maximum absolute atomic E-state index is 6.02. The molecule has 3 rings (SSSR count). The average Bonchev–Trinajstić information content (AvgIpc) is 2.39. The van der Waals surface area contributed by atoms with Gasteiger partial charge in [0, 0.05) is 27.8 Å². The third-order valence-electron chi connectivity index (χ3n) is 3.85. The highest BCUT2D eigenvalue weighted by atomic mass is 35.5.